The number of pyridine rings is 1. The van der Waals surface area contributed by atoms with Gasteiger partial charge in [-0.05, 0) is 42.6 Å². The van der Waals surface area contributed by atoms with E-state index in [1.165, 1.54) is 10.9 Å². The molecule has 4 heteroatoms. The number of nitrogens with zero attached hydrogens (tertiary/aromatic N) is 3. The number of nitrogens with two attached hydrogens (primary N) is 1. The number of rotatable bonds is 2. The molecule has 3 aromatic rings. The number of aromatic nitrogens is 3. The highest BCUT2D eigenvalue weighted by Gasteiger charge is 2.07. The Hall–Kier alpha value is -1.94. The van der Waals surface area contributed by atoms with Gasteiger partial charge in [-0.15, -0.1) is 10.2 Å². The minimum atomic E-state index is 0.586. The van der Waals surface area contributed by atoms with E-state index in [1.54, 1.807) is 0 Å². The Labute approximate surface area is 99.1 Å². The second kappa shape index (κ2) is 3.82. The third-order valence-electron chi connectivity index (χ3n) is 2.96. The van der Waals surface area contributed by atoms with Crippen LogP contribution in [0, 0.1) is 6.92 Å². The average molecular weight is 226 g/mol. The number of hydrogen-bond acceptors (Lipinski definition) is 3. The molecule has 17 heavy (non-hydrogen) atoms. The van der Waals surface area contributed by atoms with Crippen LogP contribution in [0.25, 0.3) is 16.6 Å². The molecule has 1 aromatic carbocycles. The van der Waals surface area contributed by atoms with Crippen molar-refractivity contribution >= 4 is 16.6 Å². The molecule has 0 aliphatic rings. The van der Waals surface area contributed by atoms with Gasteiger partial charge in [-0.3, -0.25) is 4.40 Å². The molecule has 0 unspecified atom stereocenters. The maximum Gasteiger partial charge on any atom is 0.161 e. The summed E-state index contributed by atoms with van der Waals surface area (Å²) in [4.78, 5) is 0. The van der Waals surface area contributed by atoms with Gasteiger partial charge in [0.15, 0.2) is 5.65 Å². The van der Waals surface area contributed by atoms with Crippen LogP contribution in [0.3, 0.4) is 0 Å². The van der Waals surface area contributed by atoms with Gasteiger partial charge in [0.2, 0.25) is 0 Å². The fourth-order valence-corrected chi connectivity index (χ4v) is 2.14. The smallest absolute Gasteiger partial charge is 0.161 e. The largest absolute Gasteiger partial charge is 0.330 e. The van der Waals surface area contributed by atoms with Gasteiger partial charge < -0.3 is 5.73 Å². The average Bonchev–Trinajstić information content (AvgIpc) is 2.73. The van der Waals surface area contributed by atoms with Crippen molar-refractivity contribution in [3.63, 3.8) is 0 Å². The van der Waals surface area contributed by atoms with E-state index in [0.717, 1.165) is 23.4 Å². The summed E-state index contributed by atoms with van der Waals surface area (Å²) in [6.07, 6.45) is 0.744. The van der Waals surface area contributed by atoms with Crippen molar-refractivity contribution in [3.05, 3.63) is 41.7 Å². The van der Waals surface area contributed by atoms with E-state index >= 15 is 0 Å². The molecule has 0 aliphatic heterocycles. The summed E-state index contributed by atoms with van der Waals surface area (Å²) < 4.78 is 2.09. The van der Waals surface area contributed by atoms with Gasteiger partial charge in [-0.1, -0.05) is 12.1 Å². The van der Waals surface area contributed by atoms with E-state index in [0.29, 0.717) is 6.54 Å². The quantitative estimate of drug-likeness (QED) is 0.723. The summed E-state index contributed by atoms with van der Waals surface area (Å²) in [5, 5.41) is 9.57. The van der Waals surface area contributed by atoms with E-state index in [2.05, 4.69) is 45.8 Å². The van der Waals surface area contributed by atoms with Crippen LogP contribution in [0.4, 0.5) is 0 Å². The van der Waals surface area contributed by atoms with Crippen molar-refractivity contribution in [1.29, 1.82) is 0 Å². The van der Waals surface area contributed by atoms with E-state index in [4.69, 9.17) is 5.73 Å². The summed E-state index contributed by atoms with van der Waals surface area (Å²) >= 11 is 0. The lowest BCUT2D eigenvalue weighted by Crippen LogP contribution is -2.06. The van der Waals surface area contributed by atoms with Crippen molar-refractivity contribution in [1.82, 2.24) is 14.6 Å². The predicted molar refractivity (Wildman–Crippen MR) is 68.0 cm³/mol. The van der Waals surface area contributed by atoms with Crippen LogP contribution in [-0.2, 0) is 6.42 Å². The molecule has 0 spiro atoms. The van der Waals surface area contributed by atoms with E-state index < -0.39 is 0 Å². The van der Waals surface area contributed by atoms with Crippen LogP contribution in [0.2, 0.25) is 0 Å². The highest BCUT2D eigenvalue weighted by atomic mass is 15.2. The maximum absolute atomic E-state index is 5.60. The van der Waals surface area contributed by atoms with Crippen molar-refractivity contribution in [2.75, 3.05) is 6.54 Å². The summed E-state index contributed by atoms with van der Waals surface area (Å²) in [7, 11) is 0. The maximum atomic E-state index is 5.60. The fourth-order valence-electron chi connectivity index (χ4n) is 2.14. The minimum absolute atomic E-state index is 0.586. The minimum Gasteiger partial charge on any atom is -0.330 e. The first-order valence-electron chi connectivity index (χ1n) is 5.73. The standard InChI is InChI=1S/C13H14N4/c1-9-2-3-10-4-5-12-15-16-13(6-7-14)17(12)11(10)8-9/h2-5,8H,6-7,14H2,1H3. The van der Waals surface area contributed by atoms with Crippen LogP contribution < -0.4 is 5.73 Å². The lowest BCUT2D eigenvalue weighted by Gasteiger charge is -2.05. The Balaban J connectivity index is 2.42. The first kappa shape index (κ1) is 10.2. The van der Waals surface area contributed by atoms with Gasteiger partial charge in [-0.2, -0.15) is 0 Å². The second-order valence-electron chi connectivity index (χ2n) is 4.24. The summed E-state index contributed by atoms with van der Waals surface area (Å²) in [5.74, 6) is 0.929. The Bertz CT molecular complexity index is 684. The molecule has 0 aliphatic carbocycles. The number of aryl methyl sites for hydroxylation is 1. The molecule has 2 aromatic heterocycles. The molecule has 0 saturated carbocycles. The van der Waals surface area contributed by atoms with E-state index in [9.17, 15) is 0 Å². The zero-order valence-corrected chi connectivity index (χ0v) is 9.72. The molecule has 0 bridgehead atoms. The van der Waals surface area contributed by atoms with Crippen LogP contribution in [-0.4, -0.2) is 21.1 Å². The molecule has 2 N–H and O–H groups in total. The molecule has 4 nitrogen and oxygen atoms in total. The predicted octanol–water partition coefficient (Wildman–Crippen LogP) is 1.69. The number of benzene rings is 1. The fraction of sp³-hybridized carbons (Fsp3) is 0.231. The van der Waals surface area contributed by atoms with Gasteiger partial charge in [0.05, 0.1) is 5.52 Å². The first-order chi connectivity index (χ1) is 8.29. The van der Waals surface area contributed by atoms with Gasteiger partial charge >= 0.3 is 0 Å². The number of fused-ring (bicyclic) bond motifs is 3. The molecule has 0 amide bonds. The second-order valence-corrected chi connectivity index (χ2v) is 4.24. The third-order valence-corrected chi connectivity index (χ3v) is 2.96. The van der Waals surface area contributed by atoms with Crippen LogP contribution in [0.15, 0.2) is 30.3 Å². The molecule has 2 heterocycles. The molecule has 3 rings (SSSR count). The molecule has 0 atom stereocenters. The Morgan fingerprint density at radius 2 is 2.00 bits per heavy atom. The molecular formula is C13H14N4. The first-order valence-corrected chi connectivity index (χ1v) is 5.73. The van der Waals surface area contributed by atoms with Gasteiger partial charge in [-0.25, -0.2) is 0 Å². The molecular weight excluding hydrogens is 212 g/mol. The summed E-state index contributed by atoms with van der Waals surface area (Å²) in [6.45, 7) is 2.67. The van der Waals surface area contributed by atoms with Gasteiger partial charge in [0.25, 0.3) is 0 Å². The topological polar surface area (TPSA) is 56.2 Å². The van der Waals surface area contributed by atoms with E-state index in [1.807, 2.05) is 6.07 Å². The van der Waals surface area contributed by atoms with Crippen LogP contribution in [0.1, 0.15) is 11.4 Å². The molecule has 0 fully saturated rings. The normalized spacial score (nSPS) is 11.4. The zero-order chi connectivity index (χ0) is 11.8. The lowest BCUT2D eigenvalue weighted by atomic mass is 10.1. The van der Waals surface area contributed by atoms with Crippen LogP contribution in [0.5, 0.6) is 0 Å². The summed E-state index contributed by atoms with van der Waals surface area (Å²) in [6, 6.07) is 10.5. The SMILES string of the molecule is Cc1ccc2ccc3nnc(CCN)n3c2c1. The van der Waals surface area contributed by atoms with Crippen molar-refractivity contribution < 1.29 is 0 Å². The highest BCUT2D eigenvalue weighted by Crippen LogP contribution is 2.19. The lowest BCUT2D eigenvalue weighted by molar-refractivity contribution is 0.857. The van der Waals surface area contributed by atoms with Gasteiger partial charge in [0.1, 0.15) is 5.82 Å². The van der Waals surface area contributed by atoms with Gasteiger partial charge in [0, 0.05) is 6.42 Å². The Morgan fingerprint density at radius 1 is 1.18 bits per heavy atom. The van der Waals surface area contributed by atoms with Crippen molar-refractivity contribution in [3.8, 4) is 0 Å². The molecule has 0 saturated heterocycles. The van der Waals surface area contributed by atoms with Crippen LogP contribution >= 0.6 is 0 Å². The van der Waals surface area contributed by atoms with E-state index in [-0.39, 0.29) is 0 Å². The Kier molecular flexibility index (Phi) is 2.30. The number of hydrogen-bond donors (Lipinski definition) is 1. The molecule has 86 valence electrons. The zero-order valence-electron chi connectivity index (χ0n) is 9.72. The summed E-state index contributed by atoms with van der Waals surface area (Å²) in [5.41, 5.74) is 8.87. The van der Waals surface area contributed by atoms with Crippen molar-refractivity contribution in [2.45, 2.75) is 13.3 Å². The highest BCUT2D eigenvalue weighted by molar-refractivity contribution is 5.82. The Morgan fingerprint density at radius 3 is 2.82 bits per heavy atom. The molecule has 0 radical (unpaired) electrons. The third kappa shape index (κ3) is 1.57. The monoisotopic (exact) mass is 226 g/mol. The van der Waals surface area contributed by atoms with Crippen molar-refractivity contribution in [2.24, 2.45) is 5.73 Å².